The second-order valence-electron chi connectivity index (χ2n) is 6.39. The molecule has 2 N–H and O–H groups in total. The lowest BCUT2D eigenvalue weighted by Crippen LogP contribution is -2.20. The number of rotatable bonds is 7. The Balaban J connectivity index is 1.62. The number of nitrogens with zero attached hydrogens (tertiary/aromatic N) is 1. The number of aromatic nitrogens is 1. The molecule has 0 unspecified atom stereocenters. The highest BCUT2D eigenvalue weighted by molar-refractivity contribution is 8.01. The molecule has 1 heterocycles. The van der Waals surface area contributed by atoms with E-state index in [1.807, 2.05) is 36.6 Å². The standard InChI is InChI=1S/C20H21N3O3S3/c1-13-4-7-15(8-5-13)17-11-27-20(23-17)28-12-19(24)22-16-9-6-14(2)18(10-16)29(25,26)21-3/h4-11,21H,12H2,1-3H3,(H,22,24). The van der Waals surface area contributed by atoms with Crippen LogP contribution in [0.3, 0.4) is 0 Å². The number of benzene rings is 2. The molecule has 1 aromatic heterocycles. The number of thiazole rings is 1. The van der Waals surface area contributed by atoms with Crippen LogP contribution in [0.4, 0.5) is 5.69 Å². The average Bonchev–Trinajstić information content (AvgIpc) is 3.17. The number of sulfonamides is 1. The third-order valence-electron chi connectivity index (χ3n) is 4.19. The predicted octanol–water partition coefficient (Wildman–Crippen LogP) is 4.07. The van der Waals surface area contributed by atoms with E-state index in [0.717, 1.165) is 15.6 Å². The SMILES string of the molecule is CNS(=O)(=O)c1cc(NC(=O)CSc2nc(-c3ccc(C)cc3)cs2)ccc1C. The quantitative estimate of drug-likeness (QED) is 0.533. The Kier molecular flexibility index (Phi) is 6.74. The Bertz CT molecular complexity index is 1120. The van der Waals surface area contributed by atoms with Gasteiger partial charge in [0.05, 0.1) is 16.3 Å². The number of amides is 1. The zero-order valence-electron chi connectivity index (χ0n) is 16.2. The molecule has 0 aliphatic heterocycles. The molecule has 3 rings (SSSR count). The molecule has 0 bridgehead atoms. The third-order valence-corrected chi connectivity index (χ3v) is 7.76. The van der Waals surface area contributed by atoms with Crippen molar-refractivity contribution in [2.45, 2.75) is 23.1 Å². The summed E-state index contributed by atoms with van der Waals surface area (Å²) < 4.78 is 27.2. The lowest BCUT2D eigenvalue weighted by Gasteiger charge is -2.10. The smallest absolute Gasteiger partial charge is 0.240 e. The second kappa shape index (κ2) is 9.08. The number of hydrogen-bond donors (Lipinski definition) is 2. The maximum Gasteiger partial charge on any atom is 0.240 e. The Morgan fingerprint density at radius 3 is 2.55 bits per heavy atom. The molecule has 0 spiro atoms. The number of anilines is 1. The summed E-state index contributed by atoms with van der Waals surface area (Å²) in [5.74, 6) is -0.0400. The molecule has 0 aliphatic carbocycles. The van der Waals surface area contributed by atoms with Gasteiger partial charge < -0.3 is 5.32 Å². The van der Waals surface area contributed by atoms with Crippen molar-refractivity contribution < 1.29 is 13.2 Å². The lowest BCUT2D eigenvalue weighted by molar-refractivity contribution is -0.113. The van der Waals surface area contributed by atoms with E-state index in [9.17, 15) is 13.2 Å². The maximum absolute atomic E-state index is 12.3. The molecular formula is C20H21N3O3S3. The number of thioether (sulfide) groups is 1. The van der Waals surface area contributed by atoms with Gasteiger partial charge in [0.25, 0.3) is 0 Å². The van der Waals surface area contributed by atoms with E-state index in [0.29, 0.717) is 11.3 Å². The highest BCUT2D eigenvalue weighted by Crippen LogP contribution is 2.28. The van der Waals surface area contributed by atoms with Crippen molar-refractivity contribution in [3.05, 3.63) is 59.0 Å². The van der Waals surface area contributed by atoms with Crippen LogP contribution in [0.1, 0.15) is 11.1 Å². The average molecular weight is 448 g/mol. The summed E-state index contributed by atoms with van der Waals surface area (Å²) >= 11 is 2.84. The molecule has 0 fully saturated rings. The Hall–Kier alpha value is -2.20. The monoisotopic (exact) mass is 447 g/mol. The van der Waals surface area contributed by atoms with Crippen LogP contribution in [0.15, 0.2) is 57.1 Å². The molecule has 3 aromatic rings. The minimum Gasteiger partial charge on any atom is -0.325 e. The van der Waals surface area contributed by atoms with Gasteiger partial charge >= 0.3 is 0 Å². The highest BCUT2D eigenvalue weighted by atomic mass is 32.2. The molecule has 0 aliphatic rings. The maximum atomic E-state index is 12.3. The first-order chi connectivity index (χ1) is 13.8. The summed E-state index contributed by atoms with van der Waals surface area (Å²) in [6.07, 6.45) is 0. The molecule has 2 aromatic carbocycles. The van der Waals surface area contributed by atoms with Gasteiger partial charge in [0.2, 0.25) is 15.9 Å². The number of hydrogen-bond acceptors (Lipinski definition) is 6. The topological polar surface area (TPSA) is 88.2 Å². The van der Waals surface area contributed by atoms with Gasteiger partial charge in [-0.25, -0.2) is 18.1 Å². The minimum absolute atomic E-state index is 0.146. The van der Waals surface area contributed by atoms with Crippen LogP contribution in [0.5, 0.6) is 0 Å². The van der Waals surface area contributed by atoms with Gasteiger partial charge in [-0.05, 0) is 38.6 Å². The Morgan fingerprint density at radius 2 is 1.86 bits per heavy atom. The van der Waals surface area contributed by atoms with Crippen LogP contribution in [-0.4, -0.2) is 32.1 Å². The van der Waals surface area contributed by atoms with Crippen molar-refractivity contribution in [3.8, 4) is 11.3 Å². The van der Waals surface area contributed by atoms with Crippen LogP contribution in [0, 0.1) is 13.8 Å². The number of carbonyl (C=O) groups excluding carboxylic acids is 1. The molecule has 152 valence electrons. The van der Waals surface area contributed by atoms with Gasteiger partial charge in [-0.2, -0.15) is 0 Å². The molecular weight excluding hydrogens is 426 g/mol. The molecule has 1 amide bonds. The van der Waals surface area contributed by atoms with Crippen LogP contribution in [0.25, 0.3) is 11.3 Å². The van der Waals surface area contributed by atoms with Gasteiger partial charge in [-0.3, -0.25) is 4.79 Å². The normalized spacial score (nSPS) is 11.4. The van der Waals surface area contributed by atoms with Gasteiger partial charge in [0.15, 0.2) is 4.34 Å². The summed E-state index contributed by atoms with van der Waals surface area (Å²) in [7, 11) is -2.23. The first-order valence-electron chi connectivity index (χ1n) is 8.78. The lowest BCUT2D eigenvalue weighted by atomic mass is 10.1. The van der Waals surface area contributed by atoms with Crippen molar-refractivity contribution in [1.82, 2.24) is 9.71 Å². The van der Waals surface area contributed by atoms with Crippen molar-refractivity contribution in [1.29, 1.82) is 0 Å². The molecule has 0 atom stereocenters. The Morgan fingerprint density at radius 1 is 1.14 bits per heavy atom. The van der Waals surface area contributed by atoms with Crippen molar-refractivity contribution in [3.63, 3.8) is 0 Å². The van der Waals surface area contributed by atoms with Crippen LogP contribution in [0.2, 0.25) is 0 Å². The van der Waals surface area contributed by atoms with Crippen molar-refractivity contribution in [2.24, 2.45) is 0 Å². The fourth-order valence-corrected chi connectivity index (χ4v) is 5.21. The number of nitrogens with one attached hydrogen (secondary N) is 2. The molecule has 9 heteroatoms. The molecule has 0 saturated carbocycles. The van der Waals surface area contributed by atoms with Gasteiger partial charge in [-0.1, -0.05) is 47.7 Å². The summed E-state index contributed by atoms with van der Waals surface area (Å²) in [5, 5.41) is 4.72. The van der Waals surface area contributed by atoms with Crippen molar-refractivity contribution in [2.75, 3.05) is 18.1 Å². The third kappa shape index (κ3) is 5.45. The van der Waals surface area contributed by atoms with Crippen LogP contribution in [-0.2, 0) is 14.8 Å². The summed E-state index contributed by atoms with van der Waals surface area (Å²) in [6, 6.07) is 13.0. The molecule has 0 radical (unpaired) electrons. The summed E-state index contributed by atoms with van der Waals surface area (Å²) in [6.45, 7) is 3.75. The Labute approximate surface area is 178 Å². The van der Waals surface area contributed by atoms with E-state index >= 15 is 0 Å². The first kappa shape index (κ1) is 21.5. The van der Waals surface area contributed by atoms with Crippen LogP contribution < -0.4 is 10.0 Å². The first-order valence-corrected chi connectivity index (χ1v) is 12.1. The van der Waals surface area contributed by atoms with E-state index in [1.54, 1.807) is 19.1 Å². The van der Waals surface area contributed by atoms with E-state index in [1.165, 1.54) is 41.8 Å². The zero-order valence-corrected chi connectivity index (χ0v) is 18.7. The van der Waals surface area contributed by atoms with Gasteiger partial charge in [0.1, 0.15) is 0 Å². The minimum atomic E-state index is -3.58. The molecule has 6 nitrogen and oxygen atoms in total. The van der Waals surface area contributed by atoms with E-state index in [4.69, 9.17) is 0 Å². The fourth-order valence-electron chi connectivity index (χ4n) is 2.58. The van der Waals surface area contributed by atoms with Crippen molar-refractivity contribution >= 4 is 44.7 Å². The fraction of sp³-hybridized carbons (Fsp3) is 0.200. The second-order valence-corrected chi connectivity index (χ2v) is 10.3. The van der Waals surface area contributed by atoms with Gasteiger partial charge in [-0.15, -0.1) is 11.3 Å². The van der Waals surface area contributed by atoms with Crippen LogP contribution >= 0.6 is 23.1 Å². The largest absolute Gasteiger partial charge is 0.325 e. The van der Waals surface area contributed by atoms with E-state index in [-0.39, 0.29) is 16.6 Å². The highest BCUT2D eigenvalue weighted by Gasteiger charge is 2.16. The molecule has 0 saturated heterocycles. The number of aryl methyl sites for hydroxylation is 2. The van der Waals surface area contributed by atoms with E-state index < -0.39 is 10.0 Å². The van der Waals surface area contributed by atoms with Gasteiger partial charge in [0, 0.05) is 16.6 Å². The predicted molar refractivity (Wildman–Crippen MR) is 119 cm³/mol. The zero-order chi connectivity index (χ0) is 21.0. The van der Waals surface area contributed by atoms with E-state index in [2.05, 4.69) is 15.0 Å². The summed E-state index contributed by atoms with van der Waals surface area (Å²) in [5.41, 5.74) is 4.17. The number of carbonyl (C=O) groups is 1. The summed E-state index contributed by atoms with van der Waals surface area (Å²) in [4.78, 5) is 17.0. The molecule has 29 heavy (non-hydrogen) atoms.